The summed E-state index contributed by atoms with van der Waals surface area (Å²) >= 11 is 3.08. The van der Waals surface area contributed by atoms with Crippen LogP contribution < -0.4 is 31.2 Å². The van der Waals surface area contributed by atoms with Crippen LogP contribution in [0.25, 0.3) is 0 Å². The number of nitrogens with two attached hydrogens (primary N) is 1. The molecule has 0 aliphatic heterocycles. The number of nitrogens with one attached hydrogen (secondary N) is 3. The molecule has 344 valence electrons. The first-order chi connectivity index (χ1) is 31.7. The monoisotopic (exact) mass is 930 g/mol. The van der Waals surface area contributed by atoms with Crippen LogP contribution in [0.5, 0.6) is 11.5 Å². The number of carbonyl (C=O) groups excluding carboxylic acids is 5. The Morgan fingerprint density at radius 3 is 1.45 bits per heavy atom. The van der Waals surface area contributed by atoms with Gasteiger partial charge in [-0.3, -0.25) is 24.0 Å². The number of aromatic nitrogens is 2. The van der Waals surface area contributed by atoms with Crippen molar-refractivity contribution in [1.82, 2.24) is 20.6 Å². The summed E-state index contributed by atoms with van der Waals surface area (Å²) in [6.45, 7) is 4.90. The quantitative estimate of drug-likeness (QED) is 0.0735. The number of fused-ring (bicyclic) bond motifs is 2. The predicted octanol–water partition coefficient (Wildman–Crippen LogP) is 7.65. The normalized spacial score (nSPS) is 16.8. The van der Waals surface area contributed by atoms with Crippen molar-refractivity contribution < 1.29 is 38.2 Å². The molecule has 0 fully saturated rings. The molecule has 0 bridgehead atoms. The van der Waals surface area contributed by atoms with Gasteiger partial charge in [-0.2, -0.15) is 0 Å². The van der Waals surface area contributed by atoms with Crippen molar-refractivity contribution in [2.24, 2.45) is 0 Å². The number of aryl methyl sites for hydroxylation is 2. The zero-order valence-corrected chi connectivity index (χ0v) is 39.2. The average Bonchev–Trinajstić information content (AvgIpc) is 3.90. The summed E-state index contributed by atoms with van der Waals surface area (Å²) in [6.07, 6.45) is 5.02. The highest BCUT2D eigenvalue weighted by Crippen LogP contribution is 2.43. The zero-order valence-electron chi connectivity index (χ0n) is 37.6. The minimum atomic E-state index is -0.562. The molecule has 6 aromatic rings. The van der Waals surface area contributed by atoms with E-state index in [0.717, 1.165) is 54.8 Å². The lowest BCUT2D eigenvalue weighted by Crippen LogP contribution is -2.44. The summed E-state index contributed by atoms with van der Waals surface area (Å²) in [5, 5.41) is 10.4. The molecule has 4 aromatic carbocycles. The fourth-order valence-corrected chi connectivity index (χ4v) is 10.5. The first kappa shape index (κ1) is 48.5. The molecule has 0 saturated carbocycles. The van der Waals surface area contributed by atoms with Crippen molar-refractivity contribution in [1.29, 1.82) is 0 Å². The Labute approximate surface area is 392 Å². The number of rotatable bonds is 11. The summed E-state index contributed by atoms with van der Waals surface area (Å²) in [4.78, 5) is 68.3. The number of methoxy groups -OCH3 is 2. The van der Waals surface area contributed by atoms with Crippen LogP contribution in [0, 0.1) is 0 Å². The Balaban J connectivity index is 0.000000192. The highest BCUT2D eigenvalue weighted by molar-refractivity contribution is 7.16. The predicted molar refractivity (Wildman–Crippen MR) is 256 cm³/mol. The number of ether oxygens (including phenoxy) is 3. The number of anilines is 2. The molecule has 8 rings (SSSR count). The van der Waals surface area contributed by atoms with Gasteiger partial charge in [0.15, 0.2) is 10.3 Å². The maximum Gasteiger partial charge on any atom is 0.310 e. The Hall–Kier alpha value is -6.91. The minimum absolute atomic E-state index is 0.121. The van der Waals surface area contributed by atoms with Crippen LogP contribution in [0.3, 0.4) is 0 Å². The number of thiazole rings is 2. The molecule has 0 spiro atoms. The average molecular weight is 931 g/mol. The molecule has 2 unspecified atom stereocenters. The molecule has 2 aliphatic carbocycles. The number of carbonyl (C=O) groups is 5. The van der Waals surface area contributed by atoms with E-state index in [1.165, 1.54) is 48.1 Å². The Kier molecular flexibility index (Phi) is 16.4. The lowest BCUT2D eigenvalue weighted by atomic mass is 9.70. The van der Waals surface area contributed by atoms with Crippen LogP contribution >= 0.6 is 22.7 Å². The van der Waals surface area contributed by atoms with E-state index in [4.69, 9.17) is 15.2 Å². The zero-order chi connectivity index (χ0) is 47.3. The molecule has 14 nitrogen and oxygen atoms in total. The first-order valence-electron chi connectivity index (χ1n) is 21.4. The number of hydrogen-bond acceptors (Lipinski definition) is 13. The van der Waals surface area contributed by atoms with Crippen LogP contribution in [0.1, 0.15) is 86.6 Å². The summed E-state index contributed by atoms with van der Waals surface area (Å²) in [7, 11) is 3.14. The van der Waals surface area contributed by atoms with E-state index in [2.05, 4.69) is 67.1 Å². The minimum Gasteiger partial charge on any atom is -0.496 e. The van der Waals surface area contributed by atoms with Crippen LogP contribution in [0.15, 0.2) is 109 Å². The number of hydrogen-bond donors (Lipinski definition) is 4. The topological polar surface area (TPSA) is 201 Å². The largest absolute Gasteiger partial charge is 0.496 e. The van der Waals surface area contributed by atoms with Crippen LogP contribution in [0.4, 0.5) is 10.3 Å². The molecule has 2 aliphatic rings. The molecule has 2 heterocycles. The second-order valence-corrected chi connectivity index (χ2v) is 18.2. The summed E-state index contributed by atoms with van der Waals surface area (Å²) in [6, 6.07) is 35.2. The first-order valence-corrected chi connectivity index (χ1v) is 23.0. The van der Waals surface area contributed by atoms with E-state index >= 15 is 0 Å². The van der Waals surface area contributed by atoms with E-state index in [1.807, 2.05) is 48.5 Å². The summed E-state index contributed by atoms with van der Waals surface area (Å²) in [5.41, 5.74) is 11.2. The third kappa shape index (κ3) is 12.2. The summed E-state index contributed by atoms with van der Waals surface area (Å²) < 4.78 is 14.7. The van der Waals surface area contributed by atoms with Crippen molar-refractivity contribution in [2.45, 2.75) is 70.1 Å². The van der Waals surface area contributed by atoms with Gasteiger partial charge in [0, 0.05) is 54.4 Å². The SMILES string of the molecule is CC(=O)OC(C)=O.COc1ccccc1C(=O)NCC1(c2ccccc2)CCc2nc(N)sc2C1.COc1ccccc1C(=O)NCC1(c2ccccc2)CCc2nc(NC(C)=O)sc2C1. The van der Waals surface area contributed by atoms with Gasteiger partial charge in [-0.05, 0) is 73.9 Å². The van der Waals surface area contributed by atoms with Crippen molar-refractivity contribution in [3.05, 3.63) is 153 Å². The second-order valence-electron chi connectivity index (χ2n) is 16.0. The maximum atomic E-state index is 13.0. The molecule has 5 N–H and O–H groups in total. The Bertz CT molecular complexity index is 2640. The van der Waals surface area contributed by atoms with Crippen molar-refractivity contribution in [3.8, 4) is 11.5 Å². The molecule has 2 atom stereocenters. The molecule has 3 amide bonds. The van der Waals surface area contributed by atoms with Crippen LogP contribution in [-0.4, -0.2) is 66.9 Å². The van der Waals surface area contributed by atoms with Gasteiger partial charge < -0.3 is 35.9 Å². The molecule has 2 aromatic heterocycles. The van der Waals surface area contributed by atoms with Gasteiger partial charge in [-0.15, -0.1) is 22.7 Å². The van der Waals surface area contributed by atoms with E-state index < -0.39 is 11.9 Å². The van der Waals surface area contributed by atoms with Crippen molar-refractivity contribution in [2.75, 3.05) is 38.4 Å². The Morgan fingerprint density at radius 2 is 1.03 bits per heavy atom. The molecular weight excluding hydrogens is 877 g/mol. The van der Waals surface area contributed by atoms with Gasteiger partial charge in [0.25, 0.3) is 11.8 Å². The molecule has 0 saturated heterocycles. The lowest BCUT2D eigenvalue weighted by molar-refractivity contribution is -0.156. The third-order valence-electron chi connectivity index (χ3n) is 11.5. The van der Waals surface area contributed by atoms with Crippen LogP contribution in [0.2, 0.25) is 0 Å². The summed E-state index contributed by atoms with van der Waals surface area (Å²) in [5.74, 6) is -0.384. The van der Waals surface area contributed by atoms with E-state index in [9.17, 15) is 24.0 Å². The highest BCUT2D eigenvalue weighted by Gasteiger charge is 2.40. The van der Waals surface area contributed by atoms with Gasteiger partial charge >= 0.3 is 11.9 Å². The van der Waals surface area contributed by atoms with Gasteiger partial charge in [-0.25, -0.2) is 9.97 Å². The van der Waals surface area contributed by atoms with Gasteiger partial charge in [0.1, 0.15) is 11.5 Å². The Morgan fingerprint density at radius 1 is 0.606 bits per heavy atom. The van der Waals surface area contributed by atoms with Gasteiger partial charge in [-0.1, -0.05) is 84.9 Å². The van der Waals surface area contributed by atoms with Crippen molar-refractivity contribution >= 4 is 62.6 Å². The number of nitrogen functional groups attached to an aromatic ring is 1. The fourth-order valence-electron chi connectivity index (χ4n) is 8.30. The molecular formula is C50H54N6O8S2. The van der Waals surface area contributed by atoms with Crippen molar-refractivity contribution in [3.63, 3.8) is 0 Å². The second kappa shape index (κ2) is 22.3. The standard InChI is InChI=1S/C24H25N3O3S.C22H23N3O2S.C4H6O3/c1-16(28)26-23-27-19-12-13-24(14-21(19)31-23,17-8-4-3-5-9-17)15-25-22(29)18-10-6-7-11-20(18)30-2;1-27-18-10-6-5-9-16(18)20(26)24-14-22(15-7-3-2-4-8-15)12-11-17-19(13-22)28-21(23)25-17;1-3(5)7-4(2)6/h3-11H,12-15H2,1-2H3,(H,25,29)(H,26,27,28);2-10H,11-14H2,1H3,(H2,23,25)(H,24,26);1-2H3. The molecule has 66 heavy (non-hydrogen) atoms. The fraction of sp³-hybridized carbons (Fsp3) is 0.300. The number of amides is 3. The molecule has 0 radical (unpaired) electrons. The third-order valence-corrected chi connectivity index (χ3v) is 13.4. The van der Waals surface area contributed by atoms with E-state index in [0.29, 0.717) is 46.0 Å². The number of nitrogens with zero attached hydrogens (tertiary/aromatic N) is 2. The maximum absolute atomic E-state index is 13.0. The van der Waals surface area contributed by atoms with Gasteiger partial charge in [0.05, 0.1) is 36.7 Å². The van der Waals surface area contributed by atoms with Crippen LogP contribution in [-0.2, 0) is 55.6 Å². The smallest absolute Gasteiger partial charge is 0.310 e. The van der Waals surface area contributed by atoms with E-state index in [1.54, 1.807) is 49.8 Å². The highest BCUT2D eigenvalue weighted by atomic mass is 32.1. The number of esters is 2. The molecule has 16 heteroatoms. The van der Waals surface area contributed by atoms with E-state index in [-0.39, 0.29) is 28.6 Å². The number of benzene rings is 4. The van der Waals surface area contributed by atoms with Gasteiger partial charge in [0.2, 0.25) is 5.91 Å². The number of para-hydroxylation sites is 2. The lowest BCUT2D eigenvalue weighted by Gasteiger charge is -2.37.